The second kappa shape index (κ2) is 10.8. The summed E-state index contributed by atoms with van der Waals surface area (Å²) < 4.78 is 27.3. The number of halogens is 2. The molecule has 150 valence electrons. The van der Waals surface area contributed by atoms with Crippen molar-refractivity contribution in [3.05, 3.63) is 35.4 Å². The van der Waals surface area contributed by atoms with Crippen LogP contribution in [0.25, 0.3) is 0 Å². The van der Waals surface area contributed by atoms with E-state index < -0.39 is 11.6 Å². The third-order valence-electron chi connectivity index (χ3n) is 4.79. The molecular weight excluding hydrogens is 352 g/mol. The van der Waals surface area contributed by atoms with Gasteiger partial charge in [0.1, 0.15) is 11.6 Å². The molecule has 0 bridgehead atoms. The van der Waals surface area contributed by atoms with Crippen LogP contribution in [0.15, 0.2) is 18.2 Å². The fraction of sp³-hybridized carbons (Fsp3) is 0.600. The van der Waals surface area contributed by atoms with Crippen LogP contribution in [0.4, 0.5) is 13.6 Å². The van der Waals surface area contributed by atoms with Gasteiger partial charge < -0.3 is 16.0 Å². The van der Waals surface area contributed by atoms with Gasteiger partial charge in [0, 0.05) is 30.6 Å². The Balaban J connectivity index is 1.60. The lowest BCUT2D eigenvalue weighted by Crippen LogP contribution is -2.43. The standard InChI is InChI=1S/C20H29F2N3O2/c1-14(13-16-17(21)9-5-10-18(16)22)24-19(26)11-6-12-23-20(27)25-15-7-3-2-4-8-15/h5,9-10,14-15H,2-4,6-8,11-13H2,1H3,(H,24,26)(H2,23,25,27). The van der Waals surface area contributed by atoms with E-state index >= 15 is 0 Å². The predicted octanol–water partition coefficient (Wildman–Crippen LogP) is 3.42. The zero-order valence-corrected chi connectivity index (χ0v) is 15.8. The number of urea groups is 1. The van der Waals surface area contributed by atoms with Gasteiger partial charge in [-0.1, -0.05) is 25.3 Å². The van der Waals surface area contributed by atoms with Crippen molar-refractivity contribution in [2.75, 3.05) is 6.54 Å². The normalized spacial score (nSPS) is 15.8. The lowest BCUT2D eigenvalue weighted by Gasteiger charge is -2.22. The van der Waals surface area contributed by atoms with Crippen molar-refractivity contribution in [3.63, 3.8) is 0 Å². The van der Waals surface area contributed by atoms with Gasteiger partial charge in [0.05, 0.1) is 0 Å². The molecule has 1 aliphatic carbocycles. The molecule has 1 fully saturated rings. The maximum absolute atomic E-state index is 13.6. The van der Waals surface area contributed by atoms with E-state index in [9.17, 15) is 18.4 Å². The number of benzene rings is 1. The number of carbonyl (C=O) groups excluding carboxylic acids is 2. The Morgan fingerprint density at radius 2 is 1.81 bits per heavy atom. The van der Waals surface area contributed by atoms with Crippen LogP contribution in [-0.2, 0) is 11.2 Å². The van der Waals surface area contributed by atoms with Gasteiger partial charge in [0.15, 0.2) is 0 Å². The molecule has 3 amide bonds. The highest BCUT2D eigenvalue weighted by Crippen LogP contribution is 2.17. The highest BCUT2D eigenvalue weighted by atomic mass is 19.1. The minimum Gasteiger partial charge on any atom is -0.353 e. The SMILES string of the molecule is CC(Cc1c(F)cccc1F)NC(=O)CCCNC(=O)NC1CCCCC1. The van der Waals surface area contributed by atoms with Crippen LogP contribution in [0.5, 0.6) is 0 Å². The molecule has 0 aromatic heterocycles. The van der Waals surface area contributed by atoms with Crippen LogP contribution < -0.4 is 16.0 Å². The van der Waals surface area contributed by atoms with E-state index in [1.807, 2.05) is 0 Å². The molecule has 0 aliphatic heterocycles. The topological polar surface area (TPSA) is 70.2 Å². The fourth-order valence-electron chi connectivity index (χ4n) is 3.37. The van der Waals surface area contributed by atoms with Crippen molar-refractivity contribution in [3.8, 4) is 0 Å². The number of hydrogen-bond donors (Lipinski definition) is 3. The first kappa shape index (κ1) is 21.1. The van der Waals surface area contributed by atoms with Crippen molar-refractivity contribution >= 4 is 11.9 Å². The van der Waals surface area contributed by atoms with E-state index in [-0.39, 0.29) is 42.4 Å². The first-order valence-corrected chi connectivity index (χ1v) is 9.72. The Bertz CT molecular complexity index is 613. The molecule has 2 rings (SSSR count). The maximum atomic E-state index is 13.6. The molecule has 0 heterocycles. The van der Waals surface area contributed by atoms with E-state index in [1.54, 1.807) is 6.92 Å². The van der Waals surface area contributed by atoms with E-state index in [4.69, 9.17) is 0 Å². The lowest BCUT2D eigenvalue weighted by molar-refractivity contribution is -0.121. The summed E-state index contributed by atoms with van der Waals surface area (Å²) in [6.07, 6.45) is 6.43. The van der Waals surface area contributed by atoms with Gasteiger partial charge in [-0.2, -0.15) is 0 Å². The molecule has 0 saturated heterocycles. The van der Waals surface area contributed by atoms with Crippen molar-refractivity contribution in [2.45, 2.75) is 70.4 Å². The molecule has 0 radical (unpaired) electrons. The Morgan fingerprint density at radius 1 is 1.15 bits per heavy atom. The Labute approximate surface area is 159 Å². The van der Waals surface area contributed by atoms with E-state index in [0.717, 1.165) is 25.7 Å². The van der Waals surface area contributed by atoms with E-state index in [0.29, 0.717) is 13.0 Å². The number of hydrogen-bond acceptors (Lipinski definition) is 2. The van der Waals surface area contributed by atoms with Gasteiger partial charge in [-0.05, 0) is 44.7 Å². The van der Waals surface area contributed by atoms with Gasteiger partial charge in [-0.3, -0.25) is 4.79 Å². The second-order valence-corrected chi connectivity index (χ2v) is 7.21. The van der Waals surface area contributed by atoms with Crippen molar-refractivity contribution in [2.24, 2.45) is 0 Å². The minimum absolute atomic E-state index is 0.0219. The van der Waals surface area contributed by atoms with Gasteiger partial charge in [-0.15, -0.1) is 0 Å². The van der Waals surface area contributed by atoms with Crippen LogP contribution in [0.2, 0.25) is 0 Å². The molecule has 5 nitrogen and oxygen atoms in total. The van der Waals surface area contributed by atoms with Crippen LogP contribution in [0.1, 0.15) is 57.4 Å². The smallest absolute Gasteiger partial charge is 0.315 e. The van der Waals surface area contributed by atoms with E-state index in [1.165, 1.54) is 24.6 Å². The highest BCUT2D eigenvalue weighted by Gasteiger charge is 2.16. The summed E-state index contributed by atoms with van der Waals surface area (Å²) in [5, 5.41) is 8.46. The third kappa shape index (κ3) is 7.53. The minimum atomic E-state index is -0.607. The summed E-state index contributed by atoms with van der Waals surface area (Å²) in [6, 6.07) is 3.40. The summed E-state index contributed by atoms with van der Waals surface area (Å²) in [5.74, 6) is -1.41. The predicted molar refractivity (Wildman–Crippen MR) is 100 cm³/mol. The quantitative estimate of drug-likeness (QED) is 0.604. The molecule has 3 N–H and O–H groups in total. The third-order valence-corrected chi connectivity index (χ3v) is 4.79. The van der Waals surface area contributed by atoms with Crippen LogP contribution >= 0.6 is 0 Å². The molecule has 1 aromatic rings. The summed E-state index contributed by atoms with van der Waals surface area (Å²) in [5.41, 5.74) is -0.0219. The van der Waals surface area contributed by atoms with E-state index in [2.05, 4.69) is 16.0 Å². The summed E-state index contributed by atoms with van der Waals surface area (Å²) in [4.78, 5) is 23.8. The Kier molecular flexibility index (Phi) is 8.48. The second-order valence-electron chi connectivity index (χ2n) is 7.21. The summed E-state index contributed by atoms with van der Waals surface area (Å²) in [6.45, 7) is 2.11. The van der Waals surface area contributed by atoms with Gasteiger partial charge >= 0.3 is 6.03 Å². The average molecular weight is 381 g/mol. The average Bonchev–Trinajstić information content (AvgIpc) is 2.63. The zero-order chi connectivity index (χ0) is 19.6. The Morgan fingerprint density at radius 3 is 2.48 bits per heavy atom. The molecule has 1 aromatic carbocycles. The molecule has 27 heavy (non-hydrogen) atoms. The maximum Gasteiger partial charge on any atom is 0.315 e. The first-order valence-electron chi connectivity index (χ1n) is 9.72. The van der Waals surface area contributed by atoms with Gasteiger partial charge in [-0.25, -0.2) is 13.6 Å². The summed E-state index contributed by atoms with van der Waals surface area (Å²) >= 11 is 0. The molecule has 1 saturated carbocycles. The monoisotopic (exact) mass is 381 g/mol. The number of carbonyl (C=O) groups is 2. The van der Waals surface area contributed by atoms with Gasteiger partial charge in [0.25, 0.3) is 0 Å². The molecule has 1 atom stereocenters. The summed E-state index contributed by atoms with van der Waals surface area (Å²) in [7, 11) is 0. The number of nitrogens with one attached hydrogen (secondary N) is 3. The van der Waals surface area contributed by atoms with Crippen molar-refractivity contribution < 1.29 is 18.4 Å². The zero-order valence-electron chi connectivity index (χ0n) is 15.8. The highest BCUT2D eigenvalue weighted by molar-refractivity contribution is 5.76. The number of amides is 3. The molecule has 1 unspecified atom stereocenters. The van der Waals surface area contributed by atoms with Gasteiger partial charge in [0.2, 0.25) is 5.91 Å². The first-order chi connectivity index (χ1) is 13.0. The lowest BCUT2D eigenvalue weighted by atomic mass is 9.96. The fourth-order valence-corrected chi connectivity index (χ4v) is 3.37. The largest absolute Gasteiger partial charge is 0.353 e. The van der Waals surface area contributed by atoms with Crippen LogP contribution in [0.3, 0.4) is 0 Å². The van der Waals surface area contributed by atoms with Crippen molar-refractivity contribution in [1.29, 1.82) is 0 Å². The van der Waals surface area contributed by atoms with Crippen LogP contribution in [0, 0.1) is 11.6 Å². The molecule has 7 heteroatoms. The Hall–Kier alpha value is -2.18. The molecule has 1 aliphatic rings. The number of rotatable bonds is 8. The molecular formula is C20H29F2N3O2. The molecule has 0 spiro atoms. The van der Waals surface area contributed by atoms with Crippen molar-refractivity contribution in [1.82, 2.24) is 16.0 Å². The van der Waals surface area contributed by atoms with Crippen LogP contribution in [-0.4, -0.2) is 30.6 Å².